The number of aliphatic hydroxyl groups excluding tert-OH is 2. The van der Waals surface area contributed by atoms with Crippen LogP contribution in [0.4, 0.5) is 0 Å². The largest absolute Gasteiger partial charge is 0.463 e. The van der Waals surface area contributed by atoms with Crippen molar-refractivity contribution in [3.63, 3.8) is 0 Å². The van der Waals surface area contributed by atoms with E-state index in [0.717, 1.165) is 6.92 Å². The Bertz CT molecular complexity index is 412. The fourth-order valence-electron chi connectivity index (χ4n) is 1.99. The first-order valence-corrected chi connectivity index (χ1v) is 6.31. The van der Waals surface area contributed by atoms with Gasteiger partial charge in [0, 0.05) is 20.8 Å². The van der Waals surface area contributed by atoms with Crippen LogP contribution in [0.2, 0.25) is 0 Å². The van der Waals surface area contributed by atoms with Crippen LogP contribution in [0, 0.1) is 0 Å². The van der Waals surface area contributed by atoms with E-state index < -0.39 is 48.5 Å². The van der Waals surface area contributed by atoms with Crippen LogP contribution in [0.1, 0.15) is 20.8 Å². The third-order valence-electron chi connectivity index (χ3n) is 2.82. The SMILES string of the molecule is CC(=O)N[C@H]1C(O)O[C@H](COC(C)=O)[C@@H](O)[C@@H]1OC(C)=O. The predicted octanol–water partition coefficient (Wildman–Crippen LogP) is -1.94. The maximum atomic E-state index is 11.1. The molecule has 0 aromatic heterocycles. The molecule has 21 heavy (non-hydrogen) atoms. The maximum absolute atomic E-state index is 11.1. The lowest BCUT2D eigenvalue weighted by atomic mass is 9.96. The molecule has 1 amide bonds. The van der Waals surface area contributed by atoms with Gasteiger partial charge < -0.3 is 29.7 Å². The Morgan fingerprint density at radius 1 is 1.14 bits per heavy atom. The molecule has 1 heterocycles. The number of carbonyl (C=O) groups is 3. The first-order chi connectivity index (χ1) is 9.72. The summed E-state index contributed by atoms with van der Waals surface area (Å²) in [6, 6.07) is -1.13. The van der Waals surface area contributed by atoms with Gasteiger partial charge in [0.05, 0.1) is 0 Å². The normalized spacial score (nSPS) is 32.1. The molecule has 5 atom stereocenters. The molecule has 1 aliphatic rings. The molecule has 0 aromatic rings. The van der Waals surface area contributed by atoms with Gasteiger partial charge in [0.25, 0.3) is 0 Å². The monoisotopic (exact) mass is 305 g/mol. The van der Waals surface area contributed by atoms with E-state index in [1.165, 1.54) is 13.8 Å². The van der Waals surface area contributed by atoms with Crippen LogP contribution in [-0.2, 0) is 28.6 Å². The van der Waals surface area contributed by atoms with Crippen molar-refractivity contribution >= 4 is 17.8 Å². The topological polar surface area (TPSA) is 131 Å². The summed E-state index contributed by atoms with van der Waals surface area (Å²) in [6.45, 7) is 3.18. The molecule has 0 spiro atoms. The molecule has 1 fully saturated rings. The molecule has 9 nitrogen and oxygen atoms in total. The second-order valence-corrected chi connectivity index (χ2v) is 4.66. The molecule has 9 heteroatoms. The van der Waals surface area contributed by atoms with Crippen LogP contribution in [0.5, 0.6) is 0 Å². The second-order valence-electron chi connectivity index (χ2n) is 4.66. The number of ether oxygens (including phenoxy) is 3. The average Bonchev–Trinajstić information content (AvgIpc) is 2.35. The number of esters is 2. The van der Waals surface area contributed by atoms with Gasteiger partial charge in [-0.25, -0.2) is 0 Å². The zero-order chi connectivity index (χ0) is 16.2. The van der Waals surface area contributed by atoms with E-state index >= 15 is 0 Å². The Balaban J connectivity index is 2.87. The highest BCUT2D eigenvalue weighted by Gasteiger charge is 2.47. The van der Waals surface area contributed by atoms with E-state index in [4.69, 9.17) is 14.2 Å². The summed E-state index contributed by atoms with van der Waals surface area (Å²) in [7, 11) is 0. The number of hydrogen-bond donors (Lipinski definition) is 3. The summed E-state index contributed by atoms with van der Waals surface area (Å²) in [5, 5.41) is 22.4. The molecule has 0 bridgehead atoms. The van der Waals surface area contributed by atoms with Crippen molar-refractivity contribution in [1.29, 1.82) is 0 Å². The van der Waals surface area contributed by atoms with Crippen molar-refractivity contribution in [2.75, 3.05) is 6.61 Å². The van der Waals surface area contributed by atoms with Gasteiger partial charge in [0.2, 0.25) is 5.91 Å². The zero-order valence-electron chi connectivity index (χ0n) is 11.9. The number of hydrogen-bond acceptors (Lipinski definition) is 8. The van der Waals surface area contributed by atoms with E-state index in [1.54, 1.807) is 0 Å². The third-order valence-corrected chi connectivity index (χ3v) is 2.82. The minimum Gasteiger partial charge on any atom is -0.463 e. The smallest absolute Gasteiger partial charge is 0.303 e. The second kappa shape index (κ2) is 7.34. The molecule has 120 valence electrons. The fraction of sp³-hybridized carbons (Fsp3) is 0.750. The Morgan fingerprint density at radius 3 is 2.24 bits per heavy atom. The molecule has 0 aromatic carbocycles. The standard InChI is InChI=1S/C12H19NO8/c1-5(14)13-9-11(20-7(3)16)10(17)8(21-12(9)18)4-19-6(2)15/h8-12,17-18H,4H2,1-3H3,(H,13,14)/t8-,9-,10-,11-,12?/m1/s1. The van der Waals surface area contributed by atoms with Crippen LogP contribution in [0.3, 0.4) is 0 Å². The molecule has 3 N–H and O–H groups in total. The minimum absolute atomic E-state index is 0.321. The predicted molar refractivity (Wildman–Crippen MR) is 66.7 cm³/mol. The summed E-state index contributed by atoms with van der Waals surface area (Å²) in [4.78, 5) is 33.0. The summed E-state index contributed by atoms with van der Waals surface area (Å²) >= 11 is 0. The van der Waals surface area contributed by atoms with Crippen molar-refractivity contribution in [3.05, 3.63) is 0 Å². The molecule has 0 aliphatic carbocycles. The van der Waals surface area contributed by atoms with Crippen molar-refractivity contribution in [1.82, 2.24) is 5.32 Å². The number of carbonyl (C=O) groups excluding carboxylic acids is 3. The van der Waals surface area contributed by atoms with Crippen LogP contribution >= 0.6 is 0 Å². The summed E-state index contributed by atoms with van der Waals surface area (Å²) in [5.74, 6) is -1.78. The zero-order valence-corrected chi connectivity index (χ0v) is 11.9. The lowest BCUT2D eigenvalue weighted by Gasteiger charge is -2.42. The fourth-order valence-corrected chi connectivity index (χ4v) is 1.99. The molecule has 0 radical (unpaired) electrons. The van der Waals surface area contributed by atoms with Crippen LogP contribution in [0.25, 0.3) is 0 Å². The Kier molecular flexibility index (Phi) is 6.06. The van der Waals surface area contributed by atoms with E-state index in [-0.39, 0.29) is 6.61 Å². The average molecular weight is 305 g/mol. The molecule has 1 saturated heterocycles. The van der Waals surface area contributed by atoms with Crippen LogP contribution in [-0.4, -0.2) is 65.3 Å². The lowest BCUT2D eigenvalue weighted by Crippen LogP contribution is -2.65. The van der Waals surface area contributed by atoms with Gasteiger partial charge in [0.15, 0.2) is 12.4 Å². The lowest BCUT2D eigenvalue weighted by molar-refractivity contribution is -0.259. The molecular formula is C12H19NO8. The number of nitrogens with one attached hydrogen (secondary N) is 1. The van der Waals surface area contributed by atoms with Gasteiger partial charge in [-0.3, -0.25) is 14.4 Å². The molecule has 1 aliphatic heterocycles. The Hall–Kier alpha value is -1.71. The van der Waals surface area contributed by atoms with E-state index in [2.05, 4.69) is 5.32 Å². The molecule has 1 rings (SSSR count). The first-order valence-electron chi connectivity index (χ1n) is 6.31. The van der Waals surface area contributed by atoms with Crippen molar-refractivity contribution in [2.45, 2.75) is 51.4 Å². The number of amides is 1. The van der Waals surface area contributed by atoms with Gasteiger partial charge in [0.1, 0.15) is 24.9 Å². The summed E-state index contributed by atoms with van der Waals surface area (Å²) in [6.07, 6.45) is -5.22. The van der Waals surface area contributed by atoms with E-state index in [9.17, 15) is 24.6 Å². The van der Waals surface area contributed by atoms with Crippen molar-refractivity contribution in [3.8, 4) is 0 Å². The third kappa shape index (κ3) is 4.96. The molecule has 0 saturated carbocycles. The maximum Gasteiger partial charge on any atom is 0.303 e. The minimum atomic E-state index is -1.53. The van der Waals surface area contributed by atoms with Crippen LogP contribution < -0.4 is 5.32 Å². The summed E-state index contributed by atoms with van der Waals surface area (Å²) in [5.41, 5.74) is 0. The summed E-state index contributed by atoms with van der Waals surface area (Å²) < 4.78 is 14.7. The van der Waals surface area contributed by atoms with Gasteiger partial charge in [-0.05, 0) is 0 Å². The van der Waals surface area contributed by atoms with Crippen molar-refractivity contribution < 1.29 is 38.8 Å². The highest BCUT2D eigenvalue weighted by Crippen LogP contribution is 2.23. The highest BCUT2D eigenvalue weighted by molar-refractivity contribution is 5.73. The van der Waals surface area contributed by atoms with E-state index in [1.807, 2.05) is 0 Å². The van der Waals surface area contributed by atoms with Crippen LogP contribution in [0.15, 0.2) is 0 Å². The van der Waals surface area contributed by atoms with E-state index in [0.29, 0.717) is 0 Å². The first kappa shape index (κ1) is 17.3. The quantitative estimate of drug-likeness (QED) is 0.511. The molecular weight excluding hydrogens is 286 g/mol. The molecule has 1 unspecified atom stereocenters. The Labute approximate surface area is 121 Å². The number of rotatable bonds is 4. The van der Waals surface area contributed by atoms with Gasteiger partial charge in [-0.15, -0.1) is 0 Å². The van der Waals surface area contributed by atoms with Gasteiger partial charge in [-0.2, -0.15) is 0 Å². The Morgan fingerprint density at radius 2 is 1.76 bits per heavy atom. The number of aliphatic hydroxyl groups is 2. The van der Waals surface area contributed by atoms with Gasteiger partial charge >= 0.3 is 11.9 Å². The highest BCUT2D eigenvalue weighted by atomic mass is 16.6. The van der Waals surface area contributed by atoms with Crippen molar-refractivity contribution in [2.24, 2.45) is 0 Å². The van der Waals surface area contributed by atoms with Gasteiger partial charge in [-0.1, -0.05) is 0 Å².